The second-order valence-corrected chi connectivity index (χ2v) is 5.26. The molecule has 1 heterocycles. The normalized spacial score (nSPS) is 16.9. The molecular weight excluding hydrogens is 254 g/mol. The summed E-state index contributed by atoms with van der Waals surface area (Å²) in [5, 5.41) is 6.31. The number of nitrogens with zero attached hydrogens (tertiary/aromatic N) is 1. The van der Waals surface area contributed by atoms with E-state index in [1.165, 1.54) is 12.8 Å². The number of carbonyl (C=O) groups excluding carboxylic acids is 1. The molecule has 20 heavy (non-hydrogen) atoms. The molecule has 1 aromatic rings. The Labute approximate surface area is 120 Å². The lowest BCUT2D eigenvalue weighted by molar-refractivity contribution is -0.123. The van der Waals surface area contributed by atoms with Crippen molar-refractivity contribution in [1.29, 1.82) is 0 Å². The maximum atomic E-state index is 12.1. The molecule has 1 saturated carbocycles. The summed E-state index contributed by atoms with van der Waals surface area (Å²) >= 11 is 0. The molecule has 110 valence electrons. The first-order valence-electron chi connectivity index (χ1n) is 7.22. The highest BCUT2D eigenvalue weighted by Gasteiger charge is 2.20. The van der Waals surface area contributed by atoms with Crippen LogP contribution >= 0.6 is 0 Å². The Morgan fingerprint density at radius 1 is 1.50 bits per heavy atom. The Morgan fingerprint density at radius 3 is 2.95 bits per heavy atom. The van der Waals surface area contributed by atoms with E-state index in [1.54, 1.807) is 13.3 Å². The Kier molecular flexibility index (Phi) is 5.35. The minimum absolute atomic E-state index is 0.0692. The van der Waals surface area contributed by atoms with Crippen molar-refractivity contribution in [1.82, 2.24) is 15.6 Å². The third-order valence-corrected chi connectivity index (χ3v) is 3.74. The minimum Gasteiger partial charge on any atom is -0.481 e. The van der Waals surface area contributed by atoms with Crippen LogP contribution in [-0.2, 0) is 11.3 Å². The highest BCUT2D eigenvalue weighted by molar-refractivity contribution is 5.81. The molecule has 1 atom stereocenters. The third-order valence-electron chi connectivity index (χ3n) is 3.74. The van der Waals surface area contributed by atoms with Crippen molar-refractivity contribution in [3.8, 4) is 5.88 Å². The van der Waals surface area contributed by atoms with E-state index in [0.717, 1.165) is 18.4 Å². The Hall–Kier alpha value is -1.62. The van der Waals surface area contributed by atoms with Crippen LogP contribution in [-0.4, -0.2) is 30.1 Å². The Balaban J connectivity index is 1.81. The number of rotatable bonds is 6. The molecule has 2 rings (SSSR count). The van der Waals surface area contributed by atoms with Gasteiger partial charge in [0.2, 0.25) is 11.8 Å². The Bertz CT molecular complexity index is 444. The largest absolute Gasteiger partial charge is 0.481 e. The number of carbonyl (C=O) groups is 1. The number of hydrogen-bond donors (Lipinski definition) is 2. The molecule has 0 saturated heterocycles. The predicted molar refractivity (Wildman–Crippen MR) is 77.5 cm³/mol. The molecule has 5 nitrogen and oxygen atoms in total. The first kappa shape index (κ1) is 14.8. The van der Waals surface area contributed by atoms with E-state index in [-0.39, 0.29) is 11.9 Å². The Morgan fingerprint density at radius 2 is 2.25 bits per heavy atom. The standard InChI is InChI=1S/C15H23N3O2/c1-11(14(19)18-13-7-3-4-8-13)17-10-12-6-5-9-16-15(12)20-2/h5-6,9,11,13,17H,3-4,7-8,10H2,1-2H3,(H,18,19). The fraction of sp³-hybridized carbons (Fsp3) is 0.600. The SMILES string of the molecule is COc1ncccc1CNC(C)C(=O)NC1CCCC1. The molecular formula is C15H23N3O2. The van der Waals surface area contributed by atoms with Gasteiger partial charge in [0.1, 0.15) is 0 Å². The molecule has 1 unspecified atom stereocenters. The first-order chi connectivity index (χ1) is 9.70. The fourth-order valence-corrected chi connectivity index (χ4v) is 2.49. The van der Waals surface area contributed by atoms with Crippen LogP contribution in [0.25, 0.3) is 0 Å². The highest BCUT2D eigenvalue weighted by atomic mass is 16.5. The molecule has 0 bridgehead atoms. The van der Waals surface area contributed by atoms with E-state index >= 15 is 0 Å². The summed E-state index contributed by atoms with van der Waals surface area (Å²) in [5.41, 5.74) is 0.954. The molecule has 1 aromatic heterocycles. The van der Waals surface area contributed by atoms with Crippen LogP contribution < -0.4 is 15.4 Å². The average molecular weight is 277 g/mol. The van der Waals surface area contributed by atoms with Crippen molar-refractivity contribution in [2.24, 2.45) is 0 Å². The fourth-order valence-electron chi connectivity index (χ4n) is 2.49. The number of nitrogens with one attached hydrogen (secondary N) is 2. The predicted octanol–water partition coefficient (Wildman–Crippen LogP) is 1.63. The van der Waals surface area contributed by atoms with E-state index in [1.807, 2.05) is 19.1 Å². The zero-order chi connectivity index (χ0) is 14.4. The van der Waals surface area contributed by atoms with Crippen LogP contribution in [0, 0.1) is 0 Å². The van der Waals surface area contributed by atoms with Gasteiger partial charge in [-0.2, -0.15) is 0 Å². The van der Waals surface area contributed by atoms with Gasteiger partial charge in [-0.1, -0.05) is 18.9 Å². The molecule has 1 fully saturated rings. The third kappa shape index (κ3) is 3.93. The van der Waals surface area contributed by atoms with Crippen LogP contribution in [0.4, 0.5) is 0 Å². The van der Waals surface area contributed by atoms with Crippen molar-refractivity contribution < 1.29 is 9.53 Å². The summed E-state index contributed by atoms with van der Waals surface area (Å²) in [5.74, 6) is 0.670. The van der Waals surface area contributed by atoms with Crippen molar-refractivity contribution in [3.05, 3.63) is 23.9 Å². The van der Waals surface area contributed by atoms with Gasteiger partial charge in [-0.25, -0.2) is 4.98 Å². The molecule has 2 N–H and O–H groups in total. The topological polar surface area (TPSA) is 63.2 Å². The van der Waals surface area contributed by atoms with Crippen LogP contribution in [0.1, 0.15) is 38.2 Å². The lowest BCUT2D eigenvalue weighted by Crippen LogP contribution is -2.45. The summed E-state index contributed by atoms with van der Waals surface area (Å²) in [7, 11) is 1.60. The molecule has 0 aliphatic heterocycles. The van der Waals surface area contributed by atoms with E-state index < -0.39 is 0 Å². The lowest BCUT2D eigenvalue weighted by Gasteiger charge is -2.18. The second-order valence-electron chi connectivity index (χ2n) is 5.26. The van der Waals surface area contributed by atoms with E-state index in [9.17, 15) is 4.79 Å². The summed E-state index contributed by atoms with van der Waals surface area (Å²) in [4.78, 5) is 16.2. The van der Waals surface area contributed by atoms with Crippen molar-refractivity contribution in [2.45, 2.75) is 51.2 Å². The van der Waals surface area contributed by atoms with Gasteiger partial charge in [0.05, 0.1) is 13.2 Å². The molecule has 1 amide bonds. The number of amides is 1. The molecule has 0 aromatic carbocycles. The van der Waals surface area contributed by atoms with Gasteiger partial charge >= 0.3 is 0 Å². The minimum atomic E-state index is -0.222. The number of aromatic nitrogens is 1. The number of hydrogen-bond acceptors (Lipinski definition) is 4. The smallest absolute Gasteiger partial charge is 0.237 e. The van der Waals surface area contributed by atoms with E-state index in [2.05, 4.69) is 15.6 Å². The van der Waals surface area contributed by atoms with Gasteiger partial charge in [0.15, 0.2) is 0 Å². The number of ether oxygens (including phenoxy) is 1. The molecule has 1 aliphatic carbocycles. The zero-order valence-electron chi connectivity index (χ0n) is 12.2. The van der Waals surface area contributed by atoms with Crippen LogP contribution in [0.2, 0.25) is 0 Å². The number of pyridine rings is 1. The van der Waals surface area contributed by atoms with Crippen LogP contribution in [0.15, 0.2) is 18.3 Å². The van der Waals surface area contributed by atoms with Gasteiger partial charge in [-0.15, -0.1) is 0 Å². The second kappa shape index (κ2) is 7.24. The maximum absolute atomic E-state index is 12.1. The monoisotopic (exact) mass is 277 g/mol. The molecule has 0 spiro atoms. The van der Waals surface area contributed by atoms with E-state index in [4.69, 9.17) is 4.74 Å². The summed E-state index contributed by atoms with van der Waals surface area (Å²) in [6.07, 6.45) is 6.35. The lowest BCUT2D eigenvalue weighted by atomic mass is 10.2. The zero-order valence-corrected chi connectivity index (χ0v) is 12.2. The van der Waals surface area contributed by atoms with Crippen molar-refractivity contribution in [2.75, 3.05) is 7.11 Å². The van der Waals surface area contributed by atoms with Gasteiger partial charge in [0.25, 0.3) is 0 Å². The van der Waals surface area contributed by atoms with Crippen molar-refractivity contribution >= 4 is 5.91 Å². The quantitative estimate of drug-likeness (QED) is 0.829. The maximum Gasteiger partial charge on any atom is 0.237 e. The highest BCUT2D eigenvalue weighted by Crippen LogP contribution is 2.17. The average Bonchev–Trinajstić information content (AvgIpc) is 2.97. The molecule has 1 aliphatic rings. The first-order valence-corrected chi connectivity index (χ1v) is 7.22. The van der Waals surface area contributed by atoms with Gasteiger partial charge in [-0.3, -0.25) is 4.79 Å². The van der Waals surface area contributed by atoms with Gasteiger partial charge < -0.3 is 15.4 Å². The number of methoxy groups -OCH3 is 1. The van der Waals surface area contributed by atoms with Crippen molar-refractivity contribution in [3.63, 3.8) is 0 Å². The molecule has 5 heteroatoms. The summed E-state index contributed by atoms with van der Waals surface area (Å²) in [6, 6.07) is 3.95. The summed E-state index contributed by atoms with van der Waals surface area (Å²) < 4.78 is 5.19. The van der Waals surface area contributed by atoms with E-state index in [0.29, 0.717) is 18.5 Å². The van der Waals surface area contributed by atoms with Crippen LogP contribution in [0.5, 0.6) is 5.88 Å². The van der Waals surface area contributed by atoms with Gasteiger partial charge in [0, 0.05) is 24.3 Å². The van der Waals surface area contributed by atoms with Gasteiger partial charge in [-0.05, 0) is 25.8 Å². The van der Waals surface area contributed by atoms with Crippen LogP contribution in [0.3, 0.4) is 0 Å². The summed E-state index contributed by atoms with van der Waals surface area (Å²) in [6.45, 7) is 2.45. The molecule has 0 radical (unpaired) electrons.